The first-order valence-electron chi connectivity index (χ1n) is 11.5. The van der Waals surface area contributed by atoms with Gasteiger partial charge in [0, 0.05) is 50.4 Å². The number of hydrogen-bond acceptors (Lipinski definition) is 8. The molecule has 1 unspecified atom stereocenters. The van der Waals surface area contributed by atoms with Crippen molar-refractivity contribution in [2.24, 2.45) is 29.1 Å². The number of rotatable bonds is 3. The Morgan fingerprint density at radius 3 is 2.47 bits per heavy atom. The van der Waals surface area contributed by atoms with E-state index in [1.165, 1.54) is 7.11 Å². The van der Waals surface area contributed by atoms with E-state index in [-0.39, 0.29) is 24.4 Å². The highest BCUT2D eigenvalue weighted by Gasteiger charge is 2.91. The molecule has 0 amide bonds. The number of likely N-dealkylation sites (N-methyl/N-ethyl adjacent to an activating group) is 1. The monoisotopic (exact) mass is 425 g/mol. The van der Waals surface area contributed by atoms with Crippen LogP contribution in [-0.2, 0) is 9.47 Å². The highest BCUT2D eigenvalue weighted by Crippen LogP contribution is 2.78. The van der Waals surface area contributed by atoms with Crippen LogP contribution in [0.15, 0.2) is 0 Å². The topological polar surface area (TPSA) is 123 Å². The van der Waals surface area contributed by atoms with Crippen LogP contribution in [0.4, 0.5) is 0 Å². The normalized spacial score (nSPS) is 65.8. The second-order valence-electron chi connectivity index (χ2n) is 11.0. The van der Waals surface area contributed by atoms with E-state index in [1.807, 2.05) is 6.92 Å². The molecule has 0 aromatic carbocycles. The van der Waals surface area contributed by atoms with Gasteiger partial charge in [0.05, 0.1) is 36.1 Å². The van der Waals surface area contributed by atoms with Gasteiger partial charge in [-0.15, -0.1) is 0 Å². The lowest BCUT2D eigenvalue weighted by atomic mass is 9.44. The molecule has 1 heterocycles. The van der Waals surface area contributed by atoms with E-state index in [1.54, 1.807) is 7.11 Å². The summed E-state index contributed by atoms with van der Waals surface area (Å²) in [5.74, 6) is -1.45. The van der Waals surface area contributed by atoms with Gasteiger partial charge in [-0.1, -0.05) is 6.92 Å². The molecule has 6 fully saturated rings. The maximum Gasteiger partial charge on any atom is 0.136 e. The van der Waals surface area contributed by atoms with Crippen LogP contribution in [0.25, 0.3) is 0 Å². The molecule has 0 radical (unpaired) electrons. The minimum Gasteiger partial charge on any atom is -0.392 e. The first-order valence-corrected chi connectivity index (χ1v) is 11.5. The quantitative estimate of drug-likeness (QED) is 0.379. The van der Waals surface area contributed by atoms with Gasteiger partial charge in [-0.05, 0) is 31.7 Å². The average Bonchev–Trinajstić information content (AvgIpc) is 3.09. The van der Waals surface area contributed by atoms with Crippen LogP contribution in [-0.4, -0.2) is 105 Å². The van der Waals surface area contributed by atoms with Crippen LogP contribution in [0.2, 0.25) is 0 Å². The zero-order valence-electron chi connectivity index (χ0n) is 17.9. The molecule has 5 aliphatic carbocycles. The van der Waals surface area contributed by atoms with Crippen LogP contribution in [0.1, 0.15) is 32.6 Å². The summed E-state index contributed by atoms with van der Waals surface area (Å²) in [6.45, 7) is 2.96. The summed E-state index contributed by atoms with van der Waals surface area (Å²) < 4.78 is 11.6. The SMILES string of the molecule is CCN1C[C@]2(O)CC[C@H](O)[C@]34C1[C@](O)([C@@H](OC)[C@H]23)[C@@]1(O)C[C@H](OC)[C@H]2C[C@@H]4[C@@H]1[C@H]2O. The number of hydrogen-bond donors (Lipinski definition) is 5. The first kappa shape index (κ1) is 20.3. The van der Waals surface area contributed by atoms with Crippen LogP contribution >= 0.6 is 0 Å². The van der Waals surface area contributed by atoms with Crippen molar-refractivity contribution in [2.75, 3.05) is 27.3 Å². The third-order valence-electron chi connectivity index (χ3n) is 10.6. The molecular formula is C22H35NO7. The predicted octanol–water partition coefficient (Wildman–Crippen LogP) is -1.28. The van der Waals surface area contributed by atoms with E-state index < -0.39 is 58.4 Å². The fourth-order valence-corrected chi connectivity index (χ4v) is 10.0. The molecule has 5 saturated carbocycles. The van der Waals surface area contributed by atoms with E-state index in [0.717, 1.165) is 0 Å². The summed E-state index contributed by atoms with van der Waals surface area (Å²) in [5, 5.41) is 59.6. The molecule has 7 bridgehead atoms. The molecule has 6 rings (SSSR count). The van der Waals surface area contributed by atoms with Crippen molar-refractivity contribution in [1.82, 2.24) is 4.90 Å². The molecule has 1 aliphatic heterocycles. The van der Waals surface area contributed by atoms with Crippen LogP contribution < -0.4 is 0 Å². The van der Waals surface area contributed by atoms with Crippen LogP contribution in [0.5, 0.6) is 0 Å². The molecule has 1 spiro atoms. The number of nitrogens with zero attached hydrogens (tertiary/aromatic N) is 1. The number of aliphatic hydroxyl groups is 5. The fraction of sp³-hybridized carbons (Fsp3) is 1.00. The predicted molar refractivity (Wildman–Crippen MR) is 104 cm³/mol. The molecular weight excluding hydrogens is 390 g/mol. The lowest BCUT2D eigenvalue weighted by Gasteiger charge is -2.68. The molecule has 6 aliphatic rings. The van der Waals surface area contributed by atoms with E-state index >= 15 is 0 Å². The Kier molecular flexibility index (Phi) is 3.91. The smallest absolute Gasteiger partial charge is 0.136 e. The Morgan fingerprint density at radius 2 is 1.83 bits per heavy atom. The number of methoxy groups -OCH3 is 2. The Bertz CT molecular complexity index is 768. The minimum absolute atomic E-state index is 0.151. The lowest BCUT2D eigenvalue weighted by Crippen LogP contribution is -2.82. The third-order valence-corrected chi connectivity index (χ3v) is 10.6. The summed E-state index contributed by atoms with van der Waals surface area (Å²) >= 11 is 0. The van der Waals surface area contributed by atoms with Crippen LogP contribution in [0.3, 0.4) is 0 Å². The van der Waals surface area contributed by atoms with E-state index in [9.17, 15) is 25.5 Å². The molecule has 5 N–H and O–H groups in total. The maximum atomic E-state index is 12.5. The molecule has 13 atom stereocenters. The average molecular weight is 426 g/mol. The molecule has 170 valence electrons. The Labute approximate surface area is 176 Å². The Hall–Kier alpha value is -0.320. The molecule has 8 heteroatoms. The number of ether oxygens (including phenoxy) is 2. The number of likely N-dealkylation sites (tertiary alicyclic amines) is 1. The van der Waals surface area contributed by atoms with Gasteiger partial charge in [0.25, 0.3) is 0 Å². The van der Waals surface area contributed by atoms with Crippen molar-refractivity contribution in [3.05, 3.63) is 0 Å². The number of β-amino-alcohol motifs (C(OH)–C–C–N with tert-alkyl or cyclic N) is 1. The van der Waals surface area contributed by atoms with Crippen molar-refractivity contribution in [1.29, 1.82) is 0 Å². The van der Waals surface area contributed by atoms with Gasteiger partial charge in [-0.3, -0.25) is 4.90 Å². The van der Waals surface area contributed by atoms with Gasteiger partial charge in [-0.2, -0.15) is 0 Å². The molecule has 1 saturated heterocycles. The van der Waals surface area contributed by atoms with Crippen LogP contribution in [0, 0.1) is 29.1 Å². The largest absolute Gasteiger partial charge is 0.392 e. The zero-order valence-corrected chi connectivity index (χ0v) is 17.9. The zero-order chi connectivity index (χ0) is 21.4. The van der Waals surface area contributed by atoms with Gasteiger partial charge < -0.3 is 35.0 Å². The van der Waals surface area contributed by atoms with Gasteiger partial charge in [0.2, 0.25) is 0 Å². The summed E-state index contributed by atoms with van der Waals surface area (Å²) in [7, 11) is 3.11. The number of piperidine rings is 1. The number of fused-ring (bicyclic) bond motifs is 2. The van der Waals surface area contributed by atoms with E-state index in [2.05, 4.69) is 4.90 Å². The highest BCUT2D eigenvalue weighted by atomic mass is 16.5. The van der Waals surface area contributed by atoms with Crippen molar-refractivity contribution in [3.63, 3.8) is 0 Å². The summed E-state index contributed by atoms with van der Waals surface area (Å²) in [5.41, 5.74) is -5.31. The van der Waals surface area contributed by atoms with Crippen molar-refractivity contribution >= 4 is 0 Å². The summed E-state index contributed by atoms with van der Waals surface area (Å²) in [6, 6.07) is -0.548. The highest BCUT2D eigenvalue weighted by molar-refractivity contribution is 5.41. The third kappa shape index (κ3) is 1.73. The van der Waals surface area contributed by atoms with Crippen molar-refractivity contribution < 1.29 is 35.0 Å². The molecule has 30 heavy (non-hydrogen) atoms. The maximum absolute atomic E-state index is 12.5. The first-order chi connectivity index (χ1) is 14.2. The van der Waals surface area contributed by atoms with Crippen molar-refractivity contribution in [3.8, 4) is 0 Å². The van der Waals surface area contributed by atoms with Gasteiger partial charge in [-0.25, -0.2) is 0 Å². The number of aliphatic hydroxyl groups excluding tert-OH is 2. The van der Waals surface area contributed by atoms with Gasteiger partial charge >= 0.3 is 0 Å². The standard InChI is InChI=1S/C22H35NO7/c1-4-23-9-19(26)6-5-13(24)21-11-7-10-12(29-2)8-20(27,14(11)15(10)25)22(28,18(21)23)17(30-3)16(19)21/h10-18,24-28H,4-9H2,1-3H3/t10-,11-,12+,13+,14-,15+,16-,17+,18?,19-,20-,21+,22-/m1/s1. The summed E-state index contributed by atoms with van der Waals surface area (Å²) in [6.07, 6.45) is -1.07. The van der Waals surface area contributed by atoms with Gasteiger partial charge in [0.15, 0.2) is 0 Å². The van der Waals surface area contributed by atoms with Crippen molar-refractivity contribution in [2.45, 2.75) is 79.9 Å². The molecule has 0 aromatic rings. The minimum atomic E-state index is -1.73. The molecule has 0 aromatic heterocycles. The second-order valence-corrected chi connectivity index (χ2v) is 11.0. The van der Waals surface area contributed by atoms with Gasteiger partial charge in [0.1, 0.15) is 11.2 Å². The van der Waals surface area contributed by atoms with E-state index in [4.69, 9.17) is 9.47 Å². The fourth-order valence-electron chi connectivity index (χ4n) is 10.0. The van der Waals surface area contributed by atoms with E-state index in [0.29, 0.717) is 32.4 Å². The Balaban J connectivity index is 1.68. The molecule has 8 nitrogen and oxygen atoms in total. The lowest BCUT2D eigenvalue weighted by molar-refractivity contribution is -0.319. The Morgan fingerprint density at radius 1 is 1.10 bits per heavy atom. The summed E-state index contributed by atoms with van der Waals surface area (Å²) in [4.78, 5) is 2.06. The second kappa shape index (κ2) is 5.78.